The lowest BCUT2D eigenvalue weighted by atomic mass is 10.1. The zero-order valence-corrected chi connectivity index (χ0v) is 13.0. The Hall–Kier alpha value is -2.18. The van der Waals surface area contributed by atoms with Crippen LogP contribution in [0.25, 0.3) is 21.9 Å². The topological polar surface area (TPSA) is 105 Å². The zero-order chi connectivity index (χ0) is 16.3. The first kappa shape index (κ1) is 16.2. The van der Waals surface area contributed by atoms with E-state index >= 15 is 0 Å². The number of aliphatic carboxylic acids is 1. The number of rotatable bonds is 2. The van der Waals surface area contributed by atoms with Gasteiger partial charge in [0.2, 0.25) is 0 Å². The van der Waals surface area contributed by atoms with E-state index < -0.39 is 12.0 Å². The molecule has 0 aliphatic heterocycles. The molecule has 0 saturated heterocycles. The van der Waals surface area contributed by atoms with E-state index in [9.17, 15) is 4.79 Å². The van der Waals surface area contributed by atoms with Crippen molar-refractivity contribution in [2.45, 2.75) is 19.9 Å². The van der Waals surface area contributed by atoms with Crippen molar-refractivity contribution in [3.05, 3.63) is 35.7 Å². The highest BCUT2D eigenvalue weighted by Gasteiger charge is 2.14. The molecule has 0 radical (unpaired) electrons. The number of carboxylic acids is 1. The van der Waals surface area contributed by atoms with Crippen LogP contribution in [0.2, 0.25) is 5.02 Å². The number of H-pyrrole nitrogens is 1. The number of imidazole rings is 1. The molecule has 0 aliphatic carbocycles. The molecule has 116 valence electrons. The van der Waals surface area contributed by atoms with E-state index in [0.717, 1.165) is 21.9 Å². The Kier molecular flexibility index (Phi) is 4.95. The first-order valence-electron chi connectivity index (χ1n) is 6.76. The number of pyridine rings is 1. The van der Waals surface area contributed by atoms with E-state index in [-0.39, 0.29) is 5.92 Å². The molecule has 1 atom stereocenters. The summed E-state index contributed by atoms with van der Waals surface area (Å²) in [5.41, 5.74) is 7.89. The van der Waals surface area contributed by atoms with Gasteiger partial charge in [-0.25, -0.2) is 4.98 Å². The largest absolute Gasteiger partial charge is 0.480 e. The lowest BCUT2D eigenvalue weighted by Crippen LogP contribution is -2.34. The number of carbonyl (C=O) groups is 1. The maximum absolute atomic E-state index is 10.0. The van der Waals surface area contributed by atoms with Crippen LogP contribution in [0.4, 0.5) is 0 Å². The Morgan fingerprint density at radius 3 is 2.64 bits per heavy atom. The number of aromatic nitrogens is 3. The monoisotopic (exact) mass is 320 g/mol. The van der Waals surface area contributed by atoms with Crippen LogP contribution in [0.5, 0.6) is 0 Å². The molecule has 3 rings (SSSR count). The van der Waals surface area contributed by atoms with E-state index in [1.165, 1.54) is 0 Å². The SMILES string of the molecule is CC(C)[C@H](N)C(=O)O.Clc1ccnc2ccc3[nH]cnc3c12. The third-order valence-electron chi connectivity index (χ3n) is 3.25. The fourth-order valence-corrected chi connectivity index (χ4v) is 2.13. The van der Waals surface area contributed by atoms with Gasteiger partial charge in [0.25, 0.3) is 0 Å². The van der Waals surface area contributed by atoms with Crippen LogP contribution in [-0.2, 0) is 4.79 Å². The number of nitrogens with one attached hydrogen (secondary N) is 1. The van der Waals surface area contributed by atoms with Crippen LogP contribution in [0.15, 0.2) is 30.7 Å². The van der Waals surface area contributed by atoms with Gasteiger partial charge >= 0.3 is 5.97 Å². The summed E-state index contributed by atoms with van der Waals surface area (Å²) in [6, 6.07) is 4.95. The van der Waals surface area contributed by atoms with Gasteiger partial charge in [-0.15, -0.1) is 0 Å². The van der Waals surface area contributed by atoms with Gasteiger partial charge in [-0.2, -0.15) is 0 Å². The second kappa shape index (κ2) is 6.72. The Morgan fingerprint density at radius 1 is 1.32 bits per heavy atom. The van der Waals surface area contributed by atoms with Crippen molar-refractivity contribution < 1.29 is 9.90 Å². The summed E-state index contributed by atoms with van der Waals surface area (Å²) in [5, 5.41) is 9.83. The molecule has 22 heavy (non-hydrogen) atoms. The molecule has 0 unspecified atom stereocenters. The maximum Gasteiger partial charge on any atom is 0.320 e. The van der Waals surface area contributed by atoms with E-state index in [2.05, 4.69) is 15.0 Å². The van der Waals surface area contributed by atoms with Crippen LogP contribution in [0.1, 0.15) is 13.8 Å². The average molecular weight is 321 g/mol. The molecule has 2 aromatic heterocycles. The molecule has 2 heterocycles. The maximum atomic E-state index is 10.0. The second-order valence-corrected chi connectivity index (χ2v) is 5.57. The zero-order valence-electron chi connectivity index (χ0n) is 12.2. The highest BCUT2D eigenvalue weighted by molar-refractivity contribution is 6.37. The fraction of sp³-hybridized carbons (Fsp3) is 0.267. The van der Waals surface area contributed by atoms with Crippen LogP contribution in [0.3, 0.4) is 0 Å². The third-order valence-corrected chi connectivity index (χ3v) is 3.56. The summed E-state index contributed by atoms with van der Waals surface area (Å²) in [6.07, 6.45) is 3.36. The van der Waals surface area contributed by atoms with Gasteiger partial charge in [-0.3, -0.25) is 9.78 Å². The minimum absolute atomic E-state index is 0.0208. The lowest BCUT2D eigenvalue weighted by Gasteiger charge is -2.07. The summed E-state index contributed by atoms with van der Waals surface area (Å²) in [7, 11) is 0. The van der Waals surface area contributed by atoms with Crippen LogP contribution < -0.4 is 5.73 Å². The Bertz CT molecular complexity index is 800. The Labute approximate surface area is 132 Å². The van der Waals surface area contributed by atoms with Gasteiger partial charge in [-0.1, -0.05) is 25.4 Å². The highest BCUT2D eigenvalue weighted by Crippen LogP contribution is 2.27. The Balaban J connectivity index is 0.000000192. The second-order valence-electron chi connectivity index (χ2n) is 5.16. The number of carboxylic acid groups (broad SMARTS) is 1. The predicted octanol–water partition coefficient (Wildman–Crippen LogP) is 2.82. The summed E-state index contributed by atoms with van der Waals surface area (Å²) < 4.78 is 0. The summed E-state index contributed by atoms with van der Waals surface area (Å²) in [5.74, 6) is -0.910. The first-order chi connectivity index (χ1) is 10.4. The van der Waals surface area contributed by atoms with Crippen molar-refractivity contribution in [1.82, 2.24) is 15.0 Å². The van der Waals surface area contributed by atoms with Crippen molar-refractivity contribution in [2.24, 2.45) is 11.7 Å². The fourth-order valence-electron chi connectivity index (χ4n) is 1.89. The van der Waals surface area contributed by atoms with E-state index in [0.29, 0.717) is 5.02 Å². The molecule has 0 fully saturated rings. The number of hydrogen-bond acceptors (Lipinski definition) is 4. The summed E-state index contributed by atoms with van der Waals surface area (Å²) >= 11 is 6.10. The average Bonchev–Trinajstić information content (AvgIpc) is 2.95. The van der Waals surface area contributed by atoms with Crippen molar-refractivity contribution in [3.63, 3.8) is 0 Å². The molecule has 0 amide bonds. The van der Waals surface area contributed by atoms with Gasteiger partial charge in [0.05, 0.1) is 27.9 Å². The van der Waals surface area contributed by atoms with Crippen LogP contribution in [-0.4, -0.2) is 32.1 Å². The molecule has 7 heteroatoms. The normalized spacial score (nSPS) is 12.2. The van der Waals surface area contributed by atoms with Crippen LogP contribution in [0, 0.1) is 5.92 Å². The third kappa shape index (κ3) is 3.35. The molecule has 4 N–H and O–H groups in total. The molecule has 1 aromatic carbocycles. The van der Waals surface area contributed by atoms with Crippen molar-refractivity contribution in [2.75, 3.05) is 0 Å². The van der Waals surface area contributed by atoms with Gasteiger partial charge in [0.15, 0.2) is 0 Å². The molecule has 0 bridgehead atoms. The van der Waals surface area contributed by atoms with Crippen LogP contribution >= 0.6 is 11.6 Å². The van der Waals surface area contributed by atoms with Gasteiger partial charge in [0, 0.05) is 11.6 Å². The van der Waals surface area contributed by atoms with Gasteiger partial charge in [-0.05, 0) is 24.1 Å². The highest BCUT2D eigenvalue weighted by atomic mass is 35.5. The summed E-state index contributed by atoms with van der Waals surface area (Å²) in [4.78, 5) is 21.5. The van der Waals surface area contributed by atoms with Crippen molar-refractivity contribution >= 4 is 39.5 Å². The number of benzene rings is 1. The molecular formula is C15H17ClN4O2. The number of hydrogen-bond donors (Lipinski definition) is 3. The van der Waals surface area contributed by atoms with Crippen molar-refractivity contribution in [3.8, 4) is 0 Å². The minimum atomic E-state index is -0.931. The van der Waals surface area contributed by atoms with Crippen molar-refractivity contribution in [1.29, 1.82) is 0 Å². The molecule has 0 aliphatic rings. The lowest BCUT2D eigenvalue weighted by molar-refractivity contribution is -0.139. The number of halogens is 1. The molecule has 0 saturated carbocycles. The molecular weight excluding hydrogens is 304 g/mol. The molecule has 0 spiro atoms. The van der Waals surface area contributed by atoms with E-state index in [1.54, 1.807) is 32.4 Å². The number of fused-ring (bicyclic) bond motifs is 3. The number of nitrogens with zero attached hydrogens (tertiary/aromatic N) is 2. The van der Waals surface area contributed by atoms with Gasteiger partial charge in [0.1, 0.15) is 6.04 Å². The molecule has 6 nitrogen and oxygen atoms in total. The van der Waals surface area contributed by atoms with E-state index in [4.69, 9.17) is 22.4 Å². The van der Waals surface area contributed by atoms with E-state index in [1.807, 2.05) is 12.1 Å². The smallest absolute Gasteiger partial charge is 0.320 e. The number of aromatic amines is 1. The predicted molar refractivity (Wildman–Crippen MR) is 86.9 cm³/mol. The first-order valence-corrected chi connectivity index (χ1v) is 7.14. The standard InChI is InChI=1S/C10H6ClN3.C5H11NO2/c11-6-3-4-12-7-1-2-8-10(9(6)7)14-5-13-8;1-3(2)4(6)5(7)8/h1-5H,(H,13,14);3-4H,6H2,1-2H3,(H,7,8)/t;4-/m.0/s1. The summed E-state index contributed by atoms with van der Waals surface area (Å²) in [6.45, 7) is 3.55. The number of nitrogens with two attached hydrogens (primary N) is 1. The molecule has 3 aromatic rings. The van der Waals surface area contributed by atoms with Gasteiger partial charge < -0.3 is 15.8 Å². The Morgan fingerprint density at radius 2 is 2.05 bits per heavy atom. The minimum Gasteiger partial charge on any atom is -0.480 e. The quantitative estimate of drug-likeness (QED) is 0.673.